The van der Waals surface area contributed by atoms with Crippen LogP contribution in [-0.4, -0.2) is 0 Å². The lowest BCUT2D eigenvalue weighted by molar-refractivity contribution is -0.189. The minimum atomic E-state index is -5.50. The molecule has 0 radical (unpaired) electrons. The average Bonchev–Trinajstić information content (AvgIpc) is 3.04. The highest BCUT2D eigenvalue weighted by atomic mass is 19.4. The molecule has 316 valence electrons. The normalized spacial score (nSPS) is 13.4. The fraction of sp³-hybridized carbons (Fsp3) is 0.333. The summed E-state index contributed by atoms with van der Waals surface area (Å²) in [6.07, 6.45) is -11.7. The van der Waals surface area contributed by atoms with Crippen LogP contribution in [0.5, 0.6) is 11.5 Å². The van der Waals surface area contributed by atoms with Gasteiger partial charge in [-0.2, -0.15) is 39.5 Å². The summed E-state index contributed by atoms with van der Waals surface area (Å²) < 4.78 is 245. The SMILES string of the molecule is C=CC(F)(Oc1cc(F)c(C(F)(F)F)c(F)c1)c1c(F)cc(CCCCCCCCCc2cc(F)c(C(F)(F)Oc3cc(F)c(C(F)(F)F)c(F)c3)c(F)c2)cc1F. The molecule has 58 heavy (non-hydrogen) atoms. The number of aryl methyl sites for hydroxylation is 2. The van der Waals surface area contributed by atoms with Crippen LogP contribution in [0.3, 0.4) is 0 Å². The maximum Gasteiger partial charge on any atom is 0.432 e. The Morgan fingerprint density at radius 1 is 0.397 bits per heavy atom. The van der Waals surface area contributed by atoms with E-state index in [0.29, 0.717) is 57.1 Å². The highest BCUT2D eigenvalue weighted by Gasteiger charge is 2.44. The topological polar surface area (TPSA) is 18.5 Å². The van der Waals surface area contributed by atoms with Crippen LogP contribution in [0.15, 0.2) is 61.2 Å². The zero-order chi connectivity index (χ0) is 43.4. The molecule has 4 rings (SSSR count). The lowest BCUT2D eigenvalue weighted by Gasteiger charge is -2.25. The molecule has 0 bridgehead atoms. The Bertz CT molecular complexity index is 2020. The Hall–Kier alpha value is -4.97. The van der Waals surface area contributed by atoms with E-state index in [4.69, 9.17) is 0 Å². The third-order valence-electron chi connectivity index (χ3n) is 8.64. The fourth-order valence-electron chi connectivity index (χ4n) is 6.01. The Morgan fingerprint density at radius 3 is 1.02 bits per heavy atom. The number of benzene rings is 4. The lowest BCUT2D eigenvalue weighted by atomic mass is 9.99. The largest absolute Gasteiger partial charge is 0.450 e. The summed E-state index contributed by atoms with van der Waals surface area (Å²) in [4.78, 5) is 0. The van der Waals surface area contributed by atoms with Gasteiger partial charge in [0.2, 0.25) is 0 Å². The van der Waals surface area contributed by atoms with Gasteiger partial charge >= 0.3 is 18.5 Å². The van der Waals surface area contributed by atoms with Crippen LogP contribution in [-0.2, 0) is 37.2 Å². The smallest absolute Gasteiger partial charge is 0.432 e. The van der Waals surface area contributed by atoms with E-state index in [1.54, 1.807) is 0 Å². The summed E-state index contributed by atoms with van der Waals surface area (Å²) in [6, 6.07) is 2.31. The number of alkyl halides is 9. The number of unbranched alkanes of at least 4 members (excludes halogenated alkanes) is 6. The van der Waals surface area contributed by atoms with Crippen LogP contribution in [0.25, 0.3) is 0 Å². The van der Waals surface area contributed by atoms with Crippen molar-refractivity contribution in [3.8, 4) is 11.5 Å². The summed E-state index contributed by atoms with van der Waals surface area (Å²) in [5.74, 6) is -21.6. The predicted octanol–water partition coefficient (Wildman–Crippen LogP) is 13.9. The maximum atomic E-state index is 15.6. The molecule has 0 spiro atoms. The molecule has 0 amide bonds. The van der Waals surface area contributed by atoms with Gasteiger partial charge in [-0.3, -0.25) is 0 Å². The molecule has 1 atom stereocenters. The van der Waals surface area contributed by atoms with Gasteiger partial charge in [0, 0.05) is 24.3 Å². The zero-order valence-electron chi connectivity index (χ0n) is 29.5. The Kier molecular flexibility index (Phi) is 14.1. The molecule has 0 aromatic heterocycles. The third kappa shape index (κ3) is 10.9. The van der Waals surface area contributed by atoms with Gasteiger partial charge < -0.3 is 9.47 Å². The van der Waals surface area contributed by atoms with Crippen molar-refractivity contribution < 1.29 is 84.1 Å². The van der Waals surface area contributed by atoms with Gasteiger partial charge in [0.05, 0.1) is 0 Å². The molecule has 0 saturated heterocycles. The van der Waals surface area contributed by atoms with Gasteiger partial charge in [0.25, 0.3) is 5.85 Å². The second-order valence-corrected chi connectivity index (χ2v) is 12.9. The van der Waals surface area contributed by atoms with Gasteiger partial charge in [0.1, 0.15) is 80.3 Å². The Morgan fingerprint density at radius 2 is 0.690 bits per heavy atom. The van der Waals surface area contributed by atoms with Gasteiger partial charge in [0.15, 0.2) is 0 Å². The maximum absolute atomic E-state index is 15.6. The highest BCUT2D eigenvalue weighted by molar-refractivity contribution is 5.38. The molecule has 19 heteroatoms. The molecule has 0 aliphatic heterocycles. The highest BCUT2D eigenvalue weighted by Crippen LogP contribution is 2.41. The first-order valence-electron chi connectivity index (χ1n) is 17.1. The minimum Gasteiger partial charge on any atom is -0.450 e. The van der Waals surface area contributed by atoms with Crippen LogP contribution in [0.2, 0.25) is 0 Å². The molecule has 0 saturated carbocycles. The molecular weight excluding hydrogens is 823 g/mol. The zero-order valence-corrected chi connectivity index (χ0v) is 29.5. The average molecular weight is 853 g/mol. The second-order valence-electron chi connectivity index (χ2n) is 12.9. The lowest BCUT2D eigenvalue weighted by Crippen LogP contribution is -2.28. The summed E-state index contributed by atoms with van der Waals surface area (Å²) >= 11 is 0. The minimum absolute atomic E-state index is 0.00308. The molecule has 0 aliphatic rings. The number of rotatable bonds is 17. The fourth-order valence-corrected chi connectivity index (χ4v) is 6.01. The molecule has 0 heterocycles. The molecule has 4 aromatic rings. The van der Waals surface area contributed by atoms with Crippen molar-refractivity contribution in [2.75, 3.05) is 0 Å². The molecule has 0 aliphatic carbocycles. The second kappa shape index (κ2) is 17.9. The first-order valence-corrected chi connectivity index (χ1v) is 17.1. The number of halogens is 17. The summed E-state index contributed by atoms with van der Waals surface area (Å²) in [5.41, 5.74) is -7.90. The Balaban J connectivity index is 1.24. The van der Waals surface area contributed by atoms with E-state index >= 15 is 4.39 Å². The van der Waals surface area contributed by atoms with Gasteiger partial charge in [-0.15, -0.1) is 0 Å². The first kappa shape index (κ1) is 45.7. The quantitative estimate of drug-likeness (QED) is 0.0599. The van der Waals surface area contributed by atoms with E-state index in [0.717, 1.165) is 12.1 Å². The van der Waals surface area contributed by atoms with E-state index in [1.165, 1.54) is 0 Å². The van der Waals surface area contributed by atoms with Crippen molar-refractivity contribution >= 4 is 0 Å². The predicted molar refractivity (Wildman–Crippen MR) is 173 cm³/mol. The molecule has 4 aromatic carbocycles. The van der Waals surface area contributed by atoms with Crippen molar-refractivity contribution in [3.63, 3.8) is 0 Å². The number of hydrogen-bond donors (Lipinski definition) is 0. The van der Waals surface area contributed by atoms with E-state index in [-0.39, 0.29) is 54.3 Å². The summed E-state index contributed by atoms with van der Waals surface area (Å²) in [5, 5.41) is 0. The van der Waals surface area contributed by atoms with Crippen molar-refractivity contribution in [3.05, 3.63) is 141 Å². The first-order chi connectivity index (χ1) is 26.9. The summed E-state index contributed by atoms with van der Waals surface area (Å²) in [7, 11) is 0. The van der Waals surface area contributed by atoms with Crippen LogP contribution in [0.4, 0.5) is 74.6 Å². The van der Waals surface area contributed by atoms with Crippen molar-refractivity contribution in [2.45, 2.75) is 82.1 Å². The standard InChI is InChI=1S/C39H29F17O2/c1-2-36(48,57-22-16-28(44)33(29(45)17-22)37(49,50)51)32-24(40)12-20(13-25(32)41)10-8-6-4-3-5-7-9-11-21-14-26(42)35(27(43)15-21)39(55,56)58-23-18-30(46)34(31(47)19-23)38(52,53)54/h2,12-19H,1,3-11H2. The summed E-state index contributed by atoms with van der Waals surface area (Å²) in [6.45, 7) is 3.06. The van der Waals surface area contributed by atoms with Crippen LogP contribution < -0.4 is 9.47 Å². The molecule has 1 unspecified atom stereocenters. The number of ether oxygens (including phenoxy) is 2. The third-order valence-corrected chi connectivity index (χ3v) is 8.64. The van der Waals surface area contributed by atoms with E-state index in [2.05, 4.69) is 16.1 Å². The van der Waals surface area contributed by atoms with Crippen LogP contribution in [0, 0.1) is 46.5 Å². The van der Waals surface area contributed by atoms with E-state index < -0.39 is 105 Å². The van der Waals surface area contributed by atoms with Crippen molar-refractivity contribution in [1.29, 1.82) is 0 Å². The molecule has 2 nitrogen and oxygen atoms in total. The monoisotopic (exact) mass is 852 g/mol. The van der Waals surface area contributed by atoms with Gasteiger partial charge in [-0.25, -0.2) is 35.1 Å². The van der Waals surface area contributed by atoms with Crippen LogP contribution >= 0.6 is 0 Å². The van der Waals surface area contributed by atoms with Crippen LogP contribution in [0.1, 0.15) is 78.3 Å². The van der Waals surface area contributed by atoms with Crippen molar-refractivity contribution in [1.82, 2.24) is 0 Å². The molecule has 0 N–H and O–H groups in total. The Labute approximate surface area is 318 Å². The van der Waals surface area contributed by atoms with E-state index in [9.17, 15) is 70.2 Å². The van der Waals surface area contributed by atoms with Crippen molar-refractivity contribution in [2.24, 2.45) is 0 Å². The van der Waals surface area contributed by atoms with Gasteiger partial charge in [-0.05, 0) is 67.2 Å². The number of hydrogen-bond acceptors (Lipinski definition) is 2. The van der Waals surface area contributed by atoms with E-state index in [1.807, 2.05) is 0 Å². The molecule has 0 fully saturated rings. The van der Waals surface area contributed by atoms with Gasteiger partial charge in [-0.1, -0.05) is 38.7 Å². The molecular formula is C39H29F17O2.